The Morgan fingerprint density at radius 2 is 1.92 bits per heavy atom. The van der Waals surface area contributed by atoms with Crippen LogP contribution in [-0.2, 0) is 9.53 Å². The molecule has 0 aromatic heterocycles. The van der Waals surface area contributed by atoms with Gasteiger partial charge in [-0.2, -0.15) is 0 Å². The predicted molar refractivity (Wildman–Crippen MR) is 99.0 cm³/mol. The molecule has 2 aromatic rings. The van der Waals surface area contributed by atoms with Gasteiger partial charge in [0.15, 0.2) is 0 Å². The van der Waals surface area contributed by atoms with Gasteiger partial charge in [0.1, 0.15) is 11.8 Å². The van der Waals surface area contributed by atoms with Crippen molar-refractivity contribution >= 4 is 17.5 Å². The highest BCUT2D eigenvalue weighted by atomic mass is 35.5. The van der Waals surface area contributed by atoms with Crippen LogP contribution in [-0.4, -0.2) is 32.8 Å². The highest BCUT2D eigenvalue weighted by molar-refractivity contribution is 6.31. The molecule has 2 aromatic carbocycles. The lowest BCUT2D eigenvalue weighted by atomic mass is 9.94. The normalized spacial score (nSPS) is 13.2. The number of nitrogens with two attached hydrogens (primary N) is 1. The zero-order valence-electron chi connectivity index (χ0n) is 14.6. The van der Waals surface area contributed by atoms with Crippen LogP contribution in [0.5, 0.6) is 5.75 Å². The molecule has 0 spiro atoms. The number of carbonyl (C=O) groups is 1. The maximum Gasteiger partial charge on any atom is 0.240 e. The minimum absolute atomic E-state index is 0.142. The summed E-state index contributed by atoms with van der Waals surface area (Å²) in [6.07, 6.45) is 0. The van der Waals surface area contributed by atoms with Crippen LogP contribution in [0.25, 0.3) is 0 Å². The fourth-order valence-electron chi connectivity index (χ4n) is 2.64. The van der Waals surface area contributed by atoms with E-state index < -0.39 is 12.1 Å². The van der Waals surface area contributed by atoms with E-state index in [9.17, 15) is 4.79 Å². The third-order valence-corrected chi connectivity index (χ3v) is 4.32. The smallest absolute Gasteiger partial charge is 0.240 e. The van der Waals surface area contributed by atoms with Gasteiger partial charge in [-0.3, -0.25) is 4.79 Å². The molecule has 0 radical (unpaired) electrons. The molecule has 5 nitrogen and oxygen atoms in total. The zero-order chi connectivity index (χ0) is 18.4. The number of amides is 1. The Bertz CT molecular complexity index is 736. The Kier molecular flexibility index (Phi) is 6.82. The highest BCUT2D eigenvalue weighted by Crippen LogP contribution is 2.31. The summed E-state index contributed by atoms with van der Waals surface area (Å²) in [6.45, 7) is 2.10. The molecule has 6 heteroatoms. The van der Waals surface area contributed by atoms with E-state index in [4.69, 9.17) is 26.8 Å². The molecule has 134 valence electrons. The number of methoxy groups -OCH3 is 2. The van der Waals surface area contributed by atoms with Crippen LogP contribution in [0.3, 0.4) is 0 Å². The van der Waals surface area contributed by atoms with E-state index in [-0.39, 0.29) is 12.5 Å². The lowest BCUT2D eigenvalue weighted by Gasteiger charge is -2.24. The largest absolute Gasteiger partial charge is 0.497 e. The van der Waals surface area contributed by atoms with Gasteiger partial charge < -0.3 is 20.5 Å². The number of halogens is 1. The van der Waals surface area contributed by atoms with Crippen molar-refractivity contribution in [3.8, 4) is 5.75 Å². The van der Waals surface area contributed by atoms with Gasteiger partial charge >= 0.3 is 0 Å². The summed E-state index contributed by atoms with van der Waals surface area (Å²) in [5, 5.41) is 3.56. The number of nitrogens with one attached hydrogen (secondary N) is 1. The predicted octanol–water partition coefficient (Wildman–Crippen LogP) is 2.84. The summed E-state index contributed by atoms with van der Waals surface area (Å²) in [6, 6.07) is 11.9. The number of benzene rings is 2. The summed E-state index contributed by atoms with van der Waals surface area (Å²) >= 11 is 6.37. The Balaban J connectivity index is 2.43. The number of ether oxygens (including phenoxy) is 2. The quantitative estimate of drug-likeness (QED) is 0.794. The minimum Gasteiger partial charge on any atom is -0.497 e. The molecule has 2 rings (SSSR count). The molecule has 0 heterocycles. The summed E-state index contributed by atoms with van der Waals surface area (Å²) < 4.78 is 10.2. The molecule has 25 heavy (non-hydrogen) atoms. The maximum atomic E-state index is 12.5. The Morgan fingerprint density at radius 3 is 2.52 bits per heavy atom. The summed E-state index contributed by atoms with van der Waals surface area (Å²) in [7, 11) is 3.12. The molecular weight excluding hydrogens is 340 g/mol. The van der Waals surface area contributed by atoms with Gasteiger partial charge in [-0.15, -0.1) is 0 Å². The lowest BCUT2D eigenvalue weighted by molar-refractivity contribution is -0.123. The molecule has 0 saturated heterocycles. The van der Waals surface area contributed by atoms with Crippen LogP contribution in [0.15, 0.2) is 42.5 Å². The van der Waals surface area contributed by atoms with Crippen molar-refractivity contribution in [2.24, 2.45) is 5.73 Å². The summed E-state index contributed by atoms with van der Waals surface area (Å²) in [5.74, 6) is 0.448. The van der Waals surface area contributed by atoms with Gasteiger partial charge in [-0.25, -0.2) is 0 Å². The van der Waals surface area contributed by atoms with Crippen molar-refractivity contribution < 1.29 is 14.3 Å². The molecule has 0 aliphatic heterocycles. The molecule has 0 aliphatic rings. The number of carbonyl (C=O) groups excluding carboxylic acids is 1. The van der Waals surface area contributed by atoms with E-state index in [1.807, 2.05) is 43.3 Å². The Morgan fingerprint density at radius 1 is 1.20 bits per heavy atom. The van der Waals surface area contributed by atoms with Gasteiger partial charge in [0, 0.05) is 12.1 Å². The van der Waals surface area contributed by atoms with Crippen molar-refractivity contribution in [1.29, 1.82) is 0 Å². The second kappa shape index (κ2) is 8.85. The molecule has 2 unspecified atom stereocenters. The van der Waals surface area contributed by atoms with E-state index in [2.05, 4.69) is 5.32 Å². The molecule has 0 bridgehead atoms. The van der Waals surface area contributed by atoms with Crippen LogP contribution in [0.4, 0.5) is 0 Å². The highest BCUT2D eigenvalue weighted by Gasteiger charge is 2.24. The Hall–Kier alpha value is -2.08. The summed E-state index contributed by atoms with van der Waals surface area (Å²) in [4.78, 5) is 12.5. The zero-order valence-corrected chi connectivity index (χ0v) is 15.3. The van der Waals surface area contributed by atoms with Crippen molar-refractivity contribution in [1.82, 2.24) is 5.32 Å². The van der Waals surface area contributed by atoms with E-state index in [0.29, 0.717) is 5.02 Å². The molecule has 0 aliphatic carbocycles. The topological polar surface area (TPSA) is 73.6 Å². The SMILES string of the molecule is COCC(N)C(=O)NC(c1ccc(OC)cc1C)c1ccccc1Cl. The fourth-order valence-corrected chi connectivity index (χ4v) is 2.88. The first-order valence-electron chi connectivity index (χ1n) is 7.91. The third-order valence-electron chi connectivity index (χ3n) is 3.97. The van der Waals surface area contributed by atoms with Gasteiger partial charge in [0.25, 0.3) is 0 Å². The van der Waals surface area contributed by atoms with E-state index in [1.165, 1.54) is 7.11 Å². The average molecular weight is 363 g/mol. The fraction of sp³-hybridized carbons (Fsp3) is 0.316. The second-order valence-electron chi connectivity index (χ2n) is 5.75. The number of hydrogen-bond donors (Lipinski definition) is 2. The van der Waals surface area contributed by atoms with Crippen molar-refractivity contribution in [3.05, 3.63) is 64.2 Å². The monoisotopic (exact) mass is 362 g/mol. The van der Waals surface area contributed by atoms with E-state index in [1.54, 1.807) is 13.2 Å². The summed E-state index contributed by atoms with van der Waals surface area (Å²) in [5.41, 5.74) is 8.56. The van der Waals surface area contributed by atoms with Gasteiger partial charge in [-0.05, 0) is 41.8 Å². The first kappa shape index (κ1) is 19.2. The third kappa shape index (κ3) is 4.72. The first-order chi connectivity index (χ1) is 12.0. The number of aryl methyl sites for hydroxylation is 1. The van der Waals surface area contributed by atoms with E-state index in [0.717, 1.165) is 22.4 Å². The van der Waals surface area contributed by atoms with Crippen molar-refractivity contribution in [3.63, 3.8) is 0 Å². The van der Waals surface area contributed by atoms with Crippen LogP contribution >= 0.6 is 11.6 Å². The first-order valence-corrected chi connectivity index (χ1v) is 8.29. The van der Waals surface area contributed by atoms with Crippen molar-refractivity contribution in [2.45, 2.75) is 19.0 Å². The Labute approximate surface area is 153 Å². The van der Waals surface area contributed by atoms with Gasteiger partial charge in [-0.1, -0.05) is 35.9 Å². The lowest BCUT2D eigenvalue weighted by Crippen LogP contribution is -2.45. The number of rotatable bonds is 7. The molecule has 3 N–H and O–H groups in total. The molecule has 1 amide bonds. The maximum absolute atomic E-state index is 12.5. The van der Waals surface area contributed by atoms with Crippen LogP contribution in [0.1, 0.15) is 22.7 Å². The molecule has 0 fully saturated rings. The van der Waals surface area contributed by atoms with E-state index >= 15 is 0 Å². The minimum atomic E-state index is -0.756. The van der Waals surface area contributed by atoms with Crippen molar-refractivity contribution in [2.75, 3.05) is 20.8 Å². The van der Waals surface area contributed by atoms with Gasteiger partial charge in [0.05, 0.1) is 19.8 Å². The van der Waals surface area contributed by atoms with Crippen LogP contribution < -0.4 is 15.8 Å². The molecule has 2 atom stereocenters. The van der Waals surface area contributed by atoms with Crippen LogP contribution in [0.2, 0.25) is 5.02 Å². The van der Waals surface area contributed by atoms with Crippen LogP contribution in [0, 0.1) is 6.92 Å². The number of hydrogen-bond acceptors (Lipinski definition) is 4. The molecule has 0 saturated carbocycles. The second-order valence-corrected chi connectivity index (χ2v) is 6.15. The average Bonchev–Trinajstić information content (AvgIpc) is 2.60. The van der Waals surface area contributed by atoms with Gasteiger partial charge in [0.2, 0.25) is 5.91 Å². The molecular formula is C19H23ClN2O3. The standard InChI is InChI=1S/C19H23ClN2O3/c1-12-10-13(25-3)8-9-14(12)18(15-6-4-5-7-16(15)20)22-19(23)17(21)11-24-2/h4-10,17-18H,11,21H2,1-3H3,(H,22,23).